The van der Waals surface area contributed by atoms with Crippen molar-refractivity contribution in [2.24, 2.45) is 0 Å². The number of pyridine rings is 1. The Labute approximate surface area is 188 Å². The predicted octanol–water partition coefficient (Wildman–Crippen LogP) is 5.25. The first kappa shape index (κ1) is 20.7. The number of fused-ring (bicyclic) bond motifs is 2. The first-order valence-corrected chi connectivity index (χ1v) is 10.6. The van der Waals surface area contributed by atoms with Crippen molar-refractivity contribution < 1.29 is 13.6 Å². The number of benzene rings is 1. The molecule has 0 aliphatic heterocycles. The highest BCUT2D eigenvalue weighted by atomic mass is 16.4. The van der Waals surface area contributed by atoms with E-state index in [-0.39, 0.29) is 11.9 Å². The van der Waals surface area contributed by atoms with Gasteiger partial charge < -0.3 is 14.2 Å². The van der Waals surface area contributed by atoms with Crippen LogP contribution in [0.2, 0.25) is 0 Å². The number of nitrogens with zero attached hydrogens (tertiary/aromatic N) is 3. The molecule has 5 rings (SSSR count). The van der Waals surface area contributed by atoms with Gasteiger partial charge in [-0.05, 0) is 64.1 Å². The van der Waals surface area contributed by atoms with Crippen molar-refractivity contribution in [1.29, 1.82) is 0 Å². The van der Waals surface area contributed by atoms with Gasteiger partial charge in [-0.3, -0.25) is 4.79 Å². The van der Waals surface area contributed by atoms with E-state index in [0.717, 1.165) is 17.1 Å². The number of carbonyl (C=O) groups excluding carboxylic acids is 1. The van der Waals surface area contributed by atoms with E-state index in [4.69, 9.17) is 13.8 Å². The fourth-order valence-electron chi connectivity index (χ4n) is 3.95. The minimum atomic E-state index is -0.419. The lowest BCUT2D eigenvalue weighted by Crippen LogP contribution is -2.13. The molecule has 0 bridgehead atoms. The Morgan fingerprint density at radius 1 is 1.06 bits per heavy atom. The van der Waals surface area contributed by atoms with Crippen molar-refractivity contribution in [3.8, 4) is 11.3 Å². The summed E-state index contributed by atoms with van der Waals surface area (Å²) in [6.07, 6.45) is 1.67. The summed E-state index contributed by atoms with van der Waals surface area (Å²) >= 11 is 0. The van der Waals surface area contributed by atoms with Gasteiger partial charge in [-0.1, -0.05) is 0 Å². The molecular formula is C25H22N4O4. The van der Waals surface area contributed by atoms with Crippen molar-refractivity contribution in [3.05, 3.63) is 76.2 Å². The van der Waals surface area contributed by atoms with Crippen LogP contribution in [0.5, 0.6) is 0 Å². The quantitative estimate of drug-likeness (QED) is 0.382. The second-order valence-corrected chi connectivity index (χ2v) is 8.26. The van der Waals surface area contributed by atoms with Crippen molar-refractivity contribution >= 4 is 33.6 Å². The summed E-state index contributed by atoms with van der Waals surface area (Å²) < 4.78 is 12.7. The van der Waals surface area contributed by atoms with Crippen LogP contribution in [0.25, 0.3) is 33.3 Å². The van der Waals surface area contributed by atoms with E-state index >= 15 is 0 Å². The van der Waals surface area contributed by atoms with Gasteiger partial charge in [0, 0.05) is 28.7 Å². The molecule has 5 aromatic rings. The zero-order valence-corrected chi connectivity index (χ0v) is 18.7. The third-order valence-corrected chi connectivity index (χ3v) is 5.49. The van der Waals surface area contributed by atoms with E-state index in [9.17, 15) is 9.59 Å². The molecular weight excluding hydrogens is 420 g/mol. The van der Waals surface area contributed by atoms with Gasteiger partial charge in [-0.2, -0.15) is 5.10 Å². The summed E-state index contributed by atoms with van der Waals surface area (Å²) in [5.74, 6) is 1.22. The van der Waals surface area contributed by atoms with Crippen LogP contribution >= 0.6 is 0 Å². The van der Waals surface area contributed by atoms with Gasteiger partial charge in [0.1, 0.15) is 17.1 Å². The number of anilines is 1. The zero-order chi connectivity index (χ0) is 23.3. The van der Waals surface area contributed by atoms with E-state index in [1.165, 1.54) is 6.07 Å². The molecule has 0 saturated carbocycles. The Kier molecular flexibility index (Phi) is 4.85. The van der Waals surface area contributed by atoms with Gasteiger partial charge in [0.2, 0.25) is 0 Å². The fraction of sp³-hybridized carbons (Fsp3) is 0.200. The molecule has 0 radical (unpaired) electrons. The zero-order valence-electron chi connectivity index (χ0n) is 18.7. The molecule has 4 aromatic heterocycles. The highest BCUT2D eigenvalue weighted by Gasteiger charge is 2.20. The van der Waals surface area contributed by atoms with Crippen LogP contribution in [-0.4, -0.2) is 20.7 Å². The average Bonchev–Trinajstić information content (AvgIpc) is 3.35. The Morgan fingerprint density at radius 3 is 2.61 bits per heavy atom. The van der Waals surface area contributed by atoms with E-state index < -0.39 is 5.63 Å². The average molecular weight is 442 g/mol. The van der Waals surface area contributed by atoms with E-state index in [1.54, 1.807) is 41.2 Å². The van der Waals surface area contributed by atoms with E-state index in [1.807, 2.05) is 33.8 Å². The maximum atomic E-state index is 13.4. The normalized spacial score (nSPS) is 11.5. The first-order valence-electron chi connectivity index (χ1n) is 10.6. The third kappa shape index (κ3) is 3.69. The third-order valence-electron chi connectivity index (χ3n) is 5.49. The van der Waals surface area contributed by atoms with Crippen LogP contribution in [-0.2, 0) is 0 Å². The van der Waals surface area contributed by atoms with E-state index in [2.05, 4.69) is 10.4 Å². The molecule has 0 unspecified atom stereocenters. The molecule has 8 heteroatoms. The predicted molar refractivity (Wildman–Crippen MR) is 126 cm³/mol. The summed E-state index contributed by atoms with van der Waals surface area (Å²) in [6, 6.07) is 11.9. The second kappa shape index (κ2) is 7.74. The number of furan rings is 1. The molecule has 1 amide bonds. The molecule has 8 nitrogen and oxygen atoms in total. The minimum Gasteiger partial charge on any atom is -0.466 e. The number of aryl methyl sites for hydroxylation is 2. The van der Waals surface area contributed by atoms with Crippen LogP contribution < -0.4 is 10.9 Å². The topological polar surface area (TPSA) is 103 Å². The number of amides is 1. The van der Waals surface area contributed by atoms with Crippen LogP contribution in [0.15, 0.2) is 62.3 Å². The van der Waals surface area contributed by atoms with Gasteiger partial charge >= 0.3 is 5.63 Å². The summed E-state index contributed by atoms with van der Waals surface area (Å²) in [6.45, 7) is 7.78. The number of nitrogens with one attached hydrogen (secondary N) is 1. The molecule has 0 aliphatic carbocycles. The molecule has 166 valence electrons. The molecule has 0 saturated heterocycles. The Bertz CT molecular complexity index is 1590. The van der Waals surface area contributed by atoms with Crippen LogP contribution in [0.1, 0.15) is 41.8 Å². The van der Waals surface area contributed by atoms with Crippen molar-refractivity contribution in [1.82, 2.24) is 14.8 Å². The van der Waals surface area contributed by atoms with Crippen LogP contribution in [0.4, 0.5) is 5.69 Å². The largest absolute Gasteiger partial charge is 0.466 e. The van der Waals surface area contributed by atoms with Crippen molar-refractivity contribution in [2.75, 3.05) is 5.32 Å². The number of hydrogen-bond donors (Lipinski definition) is 1. The summed E-state index contributed by atoms with van der Waals surface area (Å²) in [4.78, 5) is 29.6. The Morgan fingerprint density at radius 2 is 1.88 bits per heavy atom. The number of hydrogen-bond acceptors (Lipinski definition) is 6. The smallest absolute Gasteiger partial charge is 0.336 e. The molecule has 33 heavy (non-hydrogen) atoms. The maximum absolute atomic E-state index is 13.4. The molecule has 1 N–H and O–H groups in total. The van der Waals surface area contributed by atoms with Crippen LogP contribution in [0, 0.1) is 13.8 Å². The van der Waals surface area contributed by atoms with Gasteiger partial charge in [0.05, 0.1) is 22.8 Å². The monoisotopic (exact) mass is 442 g/mol. The van der Waals surface area contributed by atoms with E-state index in [0.29, 0.717) is 38.9 Å². The highest BCUT2D eigenvalue weighted by Crippen LogP contribution is 2.30. The lowest BCUT2D eigenvalue weighted by molar-refractivity contribution is 0.102. The van der Waals surface area contributed by atoms with Crippen molar-refractivity contribution in [3.63, 3.8) is 0 Å². The summed E-state index contributed by atoms with van der Waals surface area (Å²) in [5.41, 5.74) is 3.19. The van der Waals surface area contributed by atoms with Gasteiger partial charge in [-0.25, -0.2) is 14.5 Å². The van der Waals surface area contributed by atoms with Gasteiger partial charge in [-0.15, -0.1) is 0 Å². The number of rotatable bonds is 4. The molecule has 1 aromatic carbocycles. The SMILES string of the molecule is Cc1cc(-c2cc(C(=O)Nc3ccc4oc(=O)ccc4c3)c3cnn(C(C)C)c3n2)c(C)o1. The highest BCUT2D eigenvalue weighted by molar-refractivity contribution is 6.13. The lowest BCUT2D eigenvalue weighted by atomic mass is 10.1. The second-order valence-electron chi connectivity index (χ2n) is 8.26. The Balaban J connectivity index is 1.61. The summed E-state index contributed by atoms with van der Waals surface area (Å²) in [5, 5.41) is 8.79. The first-order chi connectivity index (χ1) is 15.8. The number of carbonyl (C=O) groups is 1. The molecule has 4 heterocycles. The minimum absolute atomic E-state index is 0.0727. The van der Waals surface area contributed by atoms with Crippen LogP contribution in [0.3, 0.4) is 0 Å². The lowest BCUT2D eigenvalue weighted by Gasteiger charge is -2.11. The number of aromatic nitrogens is 3. The molecule has 0 atom stereocenters. The molecule has 0 aliphatic rings. The standard InChI is InChI=1S/C25H22N4O4/c1-13(2)29-24-20(12-26-29)19(11-21(28-24)18-9-14(3)32-15(18)4)25(31)27-17-6-7-22-16(10-17)5-8-23(30)33-22/h5-13H,1-4H3,(H,27,31). The fourth-order valence-corrected chi connectivity index (χ4v) is 3.95. The molecule has 0 fully saturated rings. The summed E-state index contributed by atoms with van der Waals surface area (Å²) in [7, 11) is 0. The Hall–Kier alpha value is -4.20. The van der Waals surface area contributed by atoms with Crippen molar-refractivity contribution in [2.45, 2.75) is 33.7 Å². The maximum Gasteiger partial charge on any atom is 0.336 e. The van der Waals surface area contributed by atoms with Gasteiger partial charge in [0.25, 0.3) is 5.91 Å². The van der Waals surface area contributed by atoms with Gasteiger partial charge in [0.15, 0.2) is 5.65 Å². The molecule has 0 spiro atoms.